The van der Waals surface area contributed by atoms with Gasteiger partial charge in [-0.1, -0.05) is 23.7 Å². The molecule has 0 aliphatic heterocycles. The minimum absolute atomic E-state index is 0.00734. The highest BCUT2D eigenvalue weighted by Crippen LogP contribution is 2.40. The number of aromatic carboxylic acids is 1. The molecule has 1 heterocycles. The van der Waals surface area contributed by atoms with Crippen molar-refractivity contribution in [2.24, 2.45) is 0 Å². The Morgan fingerprint density at radius 3 is 2.46 bits per heavy atom. The van der Waals surface area contributed by atoms with Gasteiger partial charge in [-0.25, -0.2) is 14.6 Å². The molecule has 1 aromatic heterocycles. The molecule has 0 bridgehead atoms. The quantitative estimate of drug-likeness (QED) is 0.263. The number of likely N-dealkylation sites (N-methyl/N-ethyl adjacent to an activating group) is 1. The van der Waals surface area contributed by atoms with Crippen LogP contribution >= 0.6 is 11.6 Å². The molecule has 13 heteroatoms. The van der Waals surface area contributed by atoms with Gasteiger partial charge in [0.1, 0.15) is 23.9 Å². The lowest BCUT2D eigenvalue weighted by Crippen LogP contribution is -2.28. The average Bonchev–Trinajstić information content (AvgIpc) is 2.84. The molecule has 2 amide bonds. The van der Waals surface area contributed by atoms with Crippen molar-refractivity contribution in [3.8, 4) is 17.2 Å². The Labute approximate surface area is 214 Å². The van der Waals surface area contributed by atoms with Crippen molar-refractivity contribution in [1.29, 1.82) is 0 Å². The van der Waals surface area contributed by atoms with Crippen LogP contribution in [0.2, 0.25) is 5.02 Å². The minimum Gasteiger partial charge on any atom is -0.490 e. The number of hydrogen-bond acceptors (Lipinski definition) is 6. The molecule has 0 fully saturated rings. The van der Waals surface area contributed by atoms with Gasteiger partial charge in [0.2, 0.25) is 0 Å². The molecule has 0 saturated heterocycles. The Bertz CT molecular complexity index is 1260. The summed E-state index contributed by atoms with van der Waals surface area (Å²) in [5, 5.41) is 16.2. The second-order valence-corrected chi connectivity index (χ2v) is 7.92. The van der Waals surface area contributed by atoms with Gasteiger partial charge in [-0.15, -0.1) is 0 Å². The second kappa shape index (κ2) is 12.3. The van der Waals surface area contributed by atoms with Crippen LogP contribution in [0, 0.1) is 0 Å². The first-order chi connectivity index (χ1) is 17.6. The number of hydrogen-bond donors (Lipinski definition) is 4. The fraction of sp³-hybridized carbons (Fsp3) is 0.208. The van der Waals surface area contributed by atoms with E-state index in [9.17, 15) is 22.8 Å². The van der Waals surface area contributed by atoms with Crippen molar-refractivity contribution in [3.63, 3.8) is 0 Å². The van der Waals surface area contributed by atoms with Crippen molar-refractivity contribution >= 4 is 29.3 Å². The summed E-state index contributed by atoms with van der Waals surface area (Å²) in [6.45, 7) is 0.617. The number of pyridine rings is 1. The maximum Gasteiger partial charge on any atom is 0.417 e. The van der Waals surface area contributed by atoms with Gasteiger partial charge in [0, 0.05) is 31.4 Å². The van der Waals surface area contributed by atoms with Gasteiger partial charge >= 0.3 is 18.2 Å². The standard InChI is InChI=1S/C24H22ClF3N4O5/c1-29-8-9-36-21-12-18(25)17(24(26,27)28)11-19(21)32-23(35)31-13-14-2-4-15(5-3-14)37-16-6-7-30-20(10-16)22(33)34/h2-7,10-12,29H,8-9,13H2,1H3,(H,33,34)(H2,31,32,35). The lowest BCUT2D eigenvalue weighted by atomic mass is 10.1. The summed E-state index contributed by atoms with van der Waals surface area (Å²) < 4.78 is 51.0. The van der Waals surface area contributed by atoms with E-state index in [1.807, 2.05) is 0 Å². The van der Waals surface area contributed by atoms with E-state index in [0.29, 0.717) is 17.9 Å². The Hall–Kier alpha value is -4.03. The topological polar surface area (TPSA) is 122 Å². The van der Waals surface area contributed by atoms with Crippen LogP contribution in [0.5, 0.6) is 17.2 Å². The van der Waals surface area contributed by atoms with Crippen LogP contribution in [0.4, 0.5) is 23.7 Å². The molecule has 0 aliphatic rings. The lowest BCUT2D eigenvalue weighted by Gasteiger charge is -2.17. The number of rotatable bonds is 10. The number of alkyl halides is 3. The number of carbonyl (C=O) groups is 2. The third-order valence-corrected chi connectivity index (χ3v) is 5.11. The minimum atomic E-state index is -4.72. The number of ether oxygens (including phenoxy) is 2. The summed E-state index contributed by atoms with van der Waals surface area (Å²) in [7, 11) is 1.68. The largest absolute Gasteiger partial charge is 0.490 e. The molecule has 0 atom stereocenters. The predicted molar refractivity (Wildman–Crippen MR) is 129 cm³/mol. The molecule has 3 rings (SSSR count). The third-order valence-electron chi connectivity index (χ3n) is 4.80. The average molecular weight is 539 g/mol. The van der Waals surface area contributed by atoms with E-state index in [4.69, 9.17) is 26.2 Å². The smallest absolute Gasteiger partial charge is 0.417 e. The Morgan fingerprint density at radius 2 is 1.81 bits per heavy atom. The van der Waals surface area contributed by atoms with E-state index < -0.39 is 28.8 Å². The highest BCUT2D eigenvalue weighted by Gasteiger charge is 2.34. The van der Waals surface area contributed by atoms with E-state index in [0.717, 1.165) is 12.1 Å². The monoisotopic (exact) mass is 538 g/mol. The summed E-state index contributed by atoms with van der Waals surface area (Å²) in [4.78, 5) is 27.2. The first kappa shape index (κ1) is 27.6. The van der Waals surface area contributed by atoms with Crippen molar-refractivity contribution < 1.29 is 37.3 Å². The Kier molecular flexibility index (Phi) is 9.15. The number of carboxylic acids is 1. The molecule has 2 aromatic carbocycles. The van der Waals surface area contributed by atoms with Gasteiger partial charge in [0.15, 0.2) is 5.69 Å². The number of halogens is 4. The zero-order valence-corrected chi connectivity index (χ0v) is 20.1. The molecule has 9 nitrogen and oxygen atoms in total. The number of anilines is 1. The molecule has 3 aromatic rings. The van der Waals surface area contributed by atoms with E-state index >= 15 is 0 Å². The molecule has 0 spiro atoms. The number of benzene rings is 2. The molecule has 0 saturated carbocycles. The number of nitrogens with zero attached hydrogens (tertiary/aromatic N) is 1. The molecule has 0 aliphatic carbocycles. The summed E-state index contributed by atoms with van der Waals surface area (Å²) in [5.41, 5.74) is -0.790. The number of nitrogens with one attached hydrogen (secondary N) is 3. The number of carbonyl (C=O) groups excluding carboxylic acids is 1. The van der Waals surface area contributed by atoms with Gasteiger partial charge in [-0.05, 0) is 36.9 Å². The van der Waals surface area contributed by atoms with Crippen LogP contribution < -0.4 is 25.4 Å². The number of urea groups is 1. The first-order valence-electron chi connectivity index (χ1n) is 10.8. The van der Waals surface area contributed by atoms with Crippen molar-refractivity contribution in [3.05, 3.63) is 76.6 Å². The summed E-state index contributed by atoms with van der Waals surface area (Å²) in [6, 6.07) is 10.3. The van der Waals surface area contributed by atoms with Crippen LogP contribution in [0.15, 0.2) is 54.7 Å². The van der Waals surface area contributed by atoms with Crippen LogP contribution in [-0.2, 0) is 12.7 Å². The number of aromatic nitrogens is 1. The number of carboxylic acid groups (broad SMARTS) is 1. The van der Waals surface area contributed by atoms with Gasteiger partial charge in [-0.3, -0.25) is 0 Å². The molecular weight excluding hydrogens is 517 g/mol. The van der Waals surface area contributed by atoms with Gasteiger partial charge < -0.3 is 30.5 Å². The highest BCUT2D eigenvalue weighted by molar-refractivity contribution is 6.31. The number of amides is 2. The fourth-order valence-corrected chi connectivity index (χ4v) is 3.27. The van der Waals surface area contributed by atoms with Crippen LogP contribution in [-0.4, -0.2) is 42.3 Å². The third kappa shape index (κ3) is 7.98. The molecule has 0 radical (unpaired) electrons. The van der Waals surface area contributed by atoms with E-state index in [-0.39, 0.29) is 36.0 Å². The molecular formula is C24H22ClF3N4O5. The zero-order chi connectivity index (χ0) is 27.0. The van der Waals surface area contributed by atoms with Gasteiger partial charge in [0.05, 0.1) is 16.3 Å². The maximum absolute atomic E-state index is 13.3. The predicted octanol–water partition coefficient (Wildman–Crippen LogP) is 5.16. The first-order valence-corrected chi connectivity index (χ1v) is 11.1. The SMILES string of the molecule is CNCCOc1cc(Cl)c(C(F)(F)F)cc1NC(=O)NCc1ccc(Oc2ccnc(C(=O)O)c2)cc1. The van der Waals surface area contributed by atoms with Crippen molar-refractivity contribution in [1.82, 2.24) is 15.6 Å². The van der Waals surface area contributed by atoms with E-state index in [2.05, 4.69) is 20.9 Å². The lowest BCUT2D eigenvalue weighted by molar-refractivity contribution is -0.137. The summed E-state index contributed by atoms with van der Waals surface area (Å²) in [6.07, 6.45) is -3.41. The van der Waals surface area contributed by atoms with Crippen LogP contribution in [0.1, 0.15) is 21.6 Å². The molecule has 4 N–H and O–H groups in total. The van der Waals surface area contributed by atoms with Crippen LogP contribution in [0.25, 0.3) is 0 Å². The van der Waals surface area contributed by atoms with Crippen molar-refractivity contribution in [2.75, 3.05) is 25.5 Å². The highest BCUT2D eigenvalue weighted by atomic mass is 35.5. The maximum atomic E-state index is 13.3. The summed E-state index contributed by atoms with van der Waals surface area (Å²) in [5.74, 6) is -0.492. The molecule has 0 unspecified atom stereocenters. The molecule has 37 heavy (non-hydrogen) atoms. The molecule has 196 valence electrons. The Balaban J connectivity index is 1.63. The summed E-state index contributed by atoms with van der Waals surface area (Å²) >= 11 is 5.78. The van der Waals surface area contributed by atoms with Gasteiger partial charge in [-0.2, -0.15) is 13.2 Å². The fourth-order valence-electron chi connectivity index (χ4n) is 3.00. The van der Waals surface area contributed by atoms with E-state index in [1.165, 1.54) is 18.3 Å². The normalized spacial score (nSPS) is 11.1. The zero-order valence-electron chi connectivity index (χ0n) is 19.4. The Morgan fingerprint density at radius 1 is 1.08 bits per heavy atom. The van der Waals surface area contributed by atoms with Gasteiger partial charge in [0.25, 0.3) is 0 Å². The van der Waals surface area contributed by atoms with Crippen LogP contribution in [0.3, 0.4) is 0 Å². The second-order valence-electron chi connectivity index (χ2n) is 7.51. The van der Waals surface area contributed by atoms with Crippen molar-refractivity contribution in [2.45, 2.75) is 12.7 Å². The van der Waals surface area contributed by atoms with E-state index in [1.54, 1.807) is 31.3 Å².